The lowest BCUT2D eigenvalue weighted by atomic mass is 10.2. The van der Waals surface area contributed by atoms with Gasteiger partial charge in [-0.2, -0.15) is 12.6 Å². The minimum Gasteiger partial charge on any atom is -0.480 e. The lowest BCUT2D eigenvalue weighted by Gasteiger charge is -2.24. The van der Waals surface area contributed by atoms with Crippen molar-refractivity contribution < 1.29 is 24.2 Å². The van der Waals surface area contributed by atoms with E-state index in [-0.39, 0.29) is 24.1 Å². The van der Waals surface area contributed by atoms with Crippen molar-refractivity contribution in [3.05, 3.63) is 0 Å². The molecular formula is C12H20N2O5S. The molecule has 1 heterocycles. The molecule has 0 aromatic heterocycles. The molecule has 1 fully saturated rings. The number of amides is 2. The minimum absolute atomic E-state index is 0.0928. The first-order valence-corrected chi connectivity index (χ1v) is 6.78. The Morgan fingerprint density at radius 2 is 2.15 bits per heavy atom. The molecule has 0 aliphatic carbocycles. The van der Waals surface area contributed by atoms with Gasteiger partial charge in [0.1, 0.15) is 11.6 Å². The van der Waals surface area contributed by atoms with Gasteiger partial charge in [-0.1, -0.05) is 0 Å². The van der Waals surface area contributed by atoms with E-state index < -0.39 is 23.7 Å². The van der Waals surface area contributed by atoms with E-state index in [4.69, 9.17) is 9.84 Å². The SMILES string of the molecule is CC(C)(C)OC(=O)N[C@@H](CN1CC(S)CC1=O)C(=O)O. The zero-order valence-electron chi connectivity index (χ0n) is 11.8. The molecule has 2 amide bonds. The quantitative estimate of drug-likeness (QED) is 0.657. The van der Waals surface area contributed by atoms with Gasteiger partial charge in [0.25, 0.3) is 0 Å². The summed E-state index contributed by atoms with van der Waals surface area (Å²) in [6, 6.07) is -1.20. The van der Waals surface area contributed by atoms with Crippen LogP contribution in [0.15, 0.2) is 0 Å². The van der Waals surface area contributed by atoms with Crippen molar-refractivity contribution in [2.45, 2.75) is 44.1 Å². The van der Waals surface area contributed by atoms with Gasteiger partial charge in [-0.15, -0.1) is 0 Å². The van der Waals surface area contributed by atoms with Crippen LogP contribution in [0.3, 0.4) is 0 Å². The van der Waals surface area contributed by atoms with Crippen LogP contribution < -0.4 is 5.32 Å². The number of likely N-dealkylation sites (tertiary alicyclic amines) is 1. The Morgan fingerprint density at radius 3 is 2.55 bits per heavy atom. The third-order valence-corrected chi connectivity index (χ3v) is 2.93. The fraction of sp³-hybridized carbons (Fsp3) is 0.750. The minimum atomic E-state index is -1.22. The number of rotatable bonds is 4. The van der Waals surface area contributed by atoms with Crippen LogP contribution in [0.1, 0.15) is 27.2 Å². The van der Waals surface area contributed by atoms with Gasteiger partial charge < -0.3 is 20.1 Å². The highest BCUT2D eigenvalue weighted by atomic mass is 32.1. The molecule has 1 aliphatic rings. The van der Waals surface area contributed by atoms with E-state index in [1.165, 1.54) is 4.90 Å². The Balaban J connectivity index is 2.59. The Kier molecular flexibility index (Phi) is 5.27. The summed E-state index contributed by atoms with van der Waals surface area (Å²) in [5.74, 6) is -1.38. The fourth-order valence-electron chi connectivity index (χ4n) is 1.78. The number of carbonyl (C=O) groups excluding carboxylic acids is 2. The predicted octanol–water partition coefficient (Wildman–Crippen LogP) is 0.495. The van der Waals surface area contributed by atoms with Gasteiger partial charge in [0.15, 0.2) is 0 Å². The number of aliphatic carboxylic acids is 1. The topological polar surface area (TPSA) is 95.9 Å². The molecular weight excluding hydrogens is 284 g/mol. The number of carbonyl (C=O) groups is 3. The number of hydrogen-bond acceptors (Lipinski definition) is 5. The third kappa shape index (κ3) is 5.28. The second-order valence-corrected chi connectivity index (χ2v) is 6.42. The maximum atomic E-state index is 11.6. The van der Waals surface area contributed by atoms with Crippen molar-refractivity contribution in [3.8, 4) is 0 Å². The van der Waals surface area contributed by atoms with E-state index in [1.54, 1.807) is 20.8 Å². The maximum Gasteiger partial charge on any atom is 0.408 e. The van der Waals surface area contributed by atoms with E-state index in [9.17, 15) is 14.4 Å². The van der Waals surface area contributed by atoms with Crippen LogP contribution in [0.25, 0.3) is 0 Å². The third-order valence-electron chi connectivity index (χ3n) is 2.59. The summed E-state index contributed by atoms with van der Waals surface area (Å²) < 4.78 is 5.00. The summed E-state index contributed by atoms with van der Waals surface area (Å²) in [5.41, 5.74) is -0.715. The normalized spacial score (nSPS) is 20.7. The number of nitrogens with one attached hydrogen (secondary N) is 1. The number of alkyl carbamates (subject to hydrolysis) is 1. The van der Waals surface area contributed by atoms with E-state index in [2.05, 4.69) is 17.9 Å². The molecule has 0 radical (unpaired) electrons. The van der Waals surface area contributed by atoms with Crippen LogP contribution in [0, 0.1) is 0 Å². The van der Waals surface area contributed by atoms with Crippen molar-refractivity contribution in [1.82, 2.24) is 10.2 Å². The van der Waals surface area contributed by atoms with Gasteiger partial charge in [-0.05, 0) is 20.8 Å². The van der Waals surface area contributed by atoms with Gasteiger partial charge in [0.05, 0.1) is 6.54 Å². The van der Waals surface area contributed by atoms with Gasteiger partial charge >= 0.3 is 12.1 Å². The number of carboxylic acid groups (broad SMARTS) is 1. The van der Waals surface area contributed by atoms with Crippen molar-refractivity contribution >= 4 is 30.6 Å². The first-order valence-electron chi connectivity index (χ1n) is 6.26. The van der Waals surface area contributed by atoms with Crippen LogP contribution in [-0.2, 0) is 14.3 Å². The average molecular weight is 304 g/mol. The fourth-order valence-corrected chi connectivity index (χ4v) is 2.14. The number of hydrogen-bond donors (Lipinski definition) is 3. The van der Waals surface area contributed by atoms with Crippen molar-refractivity contribution in [2.75, 3.05) is 13.1 Å². The van der Waals surface area contributed by atoms with Crippen LogP contribution in [0.4, 0.5) is 4.79 Å². The molecule has 7 nitrogen and oxygen atoms in total. The number of ether oxygens (including phenoxy) is 1. The Hall–Kier alpha value is -1.44. The Labute approximate surface area is 123 Å². The maximum absolute atomic E-state index is 11.6. The van der Waals surface area contributed by atoms with Crippen LogP contribution in [-0.4, -0.2) is 58.0 Å². The van der Waals surface area contributed by atoms with Crippen molar-refractivity contribution in [3.63, 3.8) is 0 Å². The molecule has 0 bridgehead atoms. The first-order chi connectivity index (χ1) is 9.08. The molecule has 8 heteroatoms. The average Bonchev–Trinajstić information content (AvgIpc) is 2.53. The largest absolute Gasteiger partial charge is 0.480 e. The smallest absolute Gasteiger partial charge is 0.408 e. The lowest BCUT2D eigenvalue weighted by Crippen LogP contribution is -2.50. The van der Waals surface area contributed by atoms with Gasteiger partial charge in [-0.25, -0.2) is 9.59 Å². The molecule has 0 aromatic carbocycles. The zero-order valence-corrected chi connectivity index (χ0v) is 12.6. The molecule has 0 aromatic rings. The highest BCUT2D eigenvalue weighted by molar-refractivity contribution is 7.81. The zero-order chi connectivity index (χ0) is 15.5. The molecule has 114 valence electrons. The summed E-state index contributed by atoms with van der Waals surface area (Å²) in [5, 5.41) is 11.3. The summed E-state index contributed by atoms with van der Waals surface area (Å²) in [6.45, 7) is 5.32. The van der Waals surface area contributed by atoms with Crippen molar-refractivity contribution in [2.24, 2.45) is 0 Å². The van der Waals surface area contributed by atoms with E-state index in [1.807, 2.05) is 0 Å². The van der Waals surface area contributed by atoms with Crippen LogP contribution >= 0.6 is 12.6 Å². The second-order valence-electron chi connectivity index (χ2n) is 5.69. The molecule has 0 saturated carbocycles. The van der Waals surface area contributed by atoms with E-state index >= 15 is 0 Å². The van der Waals surface area contributed by atoms with E-state index in [0.717, 1.165) is 0 Å². The molecule has 2 N–H and O–H groups in total. The number of thiol groups is 1. The second kappa shape index (κ2) is 6.34. The standard InChI is InChI=1S/C12H20N2O5S/c1-12(2,3)19-11(18)13-8(10(16)17)6-14-5-7(20)4-9(14)15/h7-8,20H,4-6H2,1-3H3,(H,13,18)(H,16,17)/t7?,8-/m0/s1. The molecule has 20 heavy (non-hydrogen) atoms. The Bertz CT molecular complexity index is 407. The van der Waals surface area contributed by atoms with Gasteiger partial charge in [-0.3, -0.25) is 4.79 Å². The summed E-state index contributed by atoms with van der Waals surface area (Å²) in [4.78, 5) is 35.7. The summed E-state index contributed by atoms with van der Waals surface area (Å²) >= 11 is 4.19. The predicted molar refractivity (Wildman–Crippen MR) is 74.8 cm³/mol. The van der Waals surface area contributed by atoms with Crippen LogP contribution in [0.5, 0.6) is 0 Å². The van der Waals surface area contributed by atoms with Crippen molar-refractivity contribution in [1.29, 1.82) is 0 Å². The van der Waals surface area contributed by atoms with E-state index in [0.29, 0.717) is 6.54 Å². The van der Waals surface area contributed by atoms with Gasteiger partial charge in [0.2, 0.25) is 5.91 Å². The highest BCUT2D eigenvalue weighted by Crippen LogP contribution is 2.16. The number of nitrogens with zero attached hydrogens (tertiary/aromatic N) is 1. The first kappa shape index (κ1) is 16.6. The molecule has 2 atom stereocenters. The molecule has 1 rings (SSSR count). The number of carboxylic acids is 1. The summed E-state index contributed by atoms with van der Waals surface area (Å²) in [7, 11) is 0. The van der Waals surface area contributed by atoms with Crippen LogP contribution in [0.2, 0.25) is 0 Å². The highest BCUT2D eigenvalue weighted by Gasteiger charge is 2.32. The summed E-state index contributed by atoms with van der Waals surface area (Å²) in [6.07, 6.45) is -0.541. The molecule has 1 aliphatic heterocycles. The molecule has 1 unspecified atom stereocenters. The molecule has 0 spiro atoms. The monoisotopic (exact) mass is 304 g/mol. The molecule has 1 saturated heterocycles. The lowest BCUT2D eigenvalue weighted by molar-refractivity contribution is -0.140. The van der Waals surface area contributed by atoms with Gasteiger partial charge in [0, 0.05) is 18.2 Å². The Morgan fingerprint density at radius 1 is 1.55 bits per heavy atom.